The van der Waals surface area contributed by atoms with Crippen molar-refractivity contribution in [3.63, 3.8) is 0 Å². The summed E-state index contributed by atoms with van der Waals surface area (Å²) >= 11 is 0. The topological polar surface area (TPSA) is 41.3 Å². The van der Waals surface area contributed by atoms with Crippen molar-refractivity contribution in [1.29, 1.82) is 0 Å². The third-order valence-electron chi connectivity index (χ3n) is 5.66. The first-order chi connectivity index (χ1) is 12.3. The van der Waals surface area contributed by atoms with Crippen molar-refractivity contribution < 1.29 is 18.3 Å². The van der Waals surface area contributed by atoms with Crippen LogP contribution in [0, 0.1) is 5.92 Å². The van der Waals surface area contributed by atoms with E-state index in [1.807, 2.05) is 31.3 Å². The van der Waals surface area contributed by atoms with Crippen LogP contribution in [0.2, 0.25) is 0 Å². The fourth-order valence-electron chi connectivity index (χ4n) is 4.29. The number of aliphatic hydroxyl groups excluding tert-OH is 1. The van der Waals surface area contributed by atoms with Crippen LogP contribution in [0.4, 0.5) is 13.2 Å². The number of hydrogen-bond donors (Lipinski definition) is 1. The smallest absolute Gasteiger partial charge is 0.387 e. The molecule has 0 saturated carbocycles. The molecule has 0 saturated heterocycles. The molecule has 1 aliphatic heterocycles. The number of rotatable bonds is 3. The Morgan fingerprint density at radius 2 is 2.08 bits per heavy atom. The number of imidazole rings is 1. The Labute approximate surface area is 150 Å². The van der Waals surface area contributed by atoms with Crippen molar-refractivity contribution in [3.8, 4) is 0 Å². The third-order valence-corrected chi connectivity index (χ3v) is 5.66. The van der Waals surface area contributed by atoms with Gasteiger partial charge in [0, 0.05) is 31.7 Å². The van der Waals surface area contributed by atoms with Crippen LogP contribution in [-0.2, 0) is 25.6 Å². The van der Waals surface area contributed by atoms with Crippen molar-refractivity contribution in [2.24, 2.45) is 5.92 Å². The first-order valence-corrected chi connectivity index (χ1v) is 8.92. The number of likely N-dealkylation sites (N-methyl/N-ethyl adjacent to an activating group) is 1. The second kappa shape index (κ2) is 6.39. The minimum absolute atomic E-state index is 0.0160. The minimum Gasteiger partial charge on any atom is -0.387 e. The highest BCUT2D eigenvalue weighted by molar-refractivity contribution is 5.35. The Kier molecular flexibility index (Phi) is 4.31. The van der Waals surface area contributed by atoms with Gasteiger partial charge in [0.1, 0.15) is 5.82 Å². The highest BCUT2D eigenvalue weighted by Gasteiger charge is 2.37. The molecule has 0 spiro atoms. The molecule has 1 N–H and O–H groups in total. The molecule has 140 valence electrons. The summed E-state index contributed by atoms with van der Waals surface area (Å²) in [7, 11) is 1.99. The zero-order valence-corrected chi connectivity index (χ0v) is 14.6. The Hall–Kier alpha value is -1.86. The summed E-state index contributed by atoms with van der Waals surface area (Å²) in [6, 6.07) is 7.94. The van der Waals surface area contributed by atoms with Crippen LogP contribution in [0.25, 0.3) is 0 Å². The van der Waals surface area contributed by atoms with Crippen LogP contribution < -0.4 is 0 Å². The van der Waals surface area contributed by atoms with Crippen molar-refractivity contribution in [3.05, 3.63) is 53.1 Å². The maximum Gasteiger partial charge on any atom is 0.434 e. The molecule has 0 unspecified atom stereocenters. The van der Waals surface area contributed by atoms with Crippen molar-refractivity contribution in [2.75, 3.05) is 13.6 Å². The summed E-state index contributed by atoms with van der Waals surface area (Å²) in [5.41, 5.74) is 1.36. The average Bonchev–Trinajstić information content (AvgIpc) is 3.16. The van der Waals surface area contributed by atoms with Gasteiger partial charge in [0.05, 0.1) is 6.10 Å². The van der Waals surface area contributed by atoms with E-state index in [1.165, 1.54) is 5.56 Å². The molecule has 26 heavy (non-hydrogen) atoms. The van der Waals surface area contributed by atoms with Crippen LogP contribution in [0.5, 0.6) is 0 Å². The summed E-state index contributed by atoms with van der Waals surface area (Å²) in [6.45, 7) is 1.28. The SMILES string of the molecule is CN(C[C@@H]1CCc2nc(C(F)(F)F)cn2C1)[C@H]1Cc2ccccc2[C@@H]1O. The molecule has 1 aromatic heterocycles. The Balaban J connectivity index is 1.42. The lowest BCUT2D eigenvalue weighted by molar-refractivity contribution is -0.141. The molecule has 7 heteroatoms. The van der Waals surface area contributed by atoms with Crippen LogP contribution in [0.15, 0.2) is 30.5 Å². The largest absolute Gasteiger partial charge is 0.434 e. The second-order valence-electron chi connectivity index (χ2n) is 7.45. The fourth-order valence-corrected chi connectivity index (χ4v) is 4.29. The number of alkyl halides is 3. The van der Waals surface area contributed by atoms with E-state index in [2.05, 4.69) is 9.88 Å². The van der Waals surface area contributed by atoms with Gasteiger partial charge in [-0.15, -0.1) is 0 Å². The van der Waals surface area contributed by atoms with E-state index in [-0.39, 0.29) is 12.0 Å². The molecule has 1 aliphatic carbocycles. The standard InChI is InChI=1S/C19H22F3N3O/c1-24(15-8-13-4-2-3-5-14(13)18(15)26)9-12-6-7-17-23-16(19(20,21)22)11-25(17)10-12/h2-5,11-12,15,18,26H,6-10H2,1H3/t12-,15-,18-/m0/s1. The average molecular weight is 365 g/mol. The fraction of sp³-hybridized carbons (Fsp3) is 0.526. The van der Waals surface area contributed by atoms with Gasteiger partial charge in [-0.25, -0.2) is 4.98 Å². The van der Waals surface area contributed by atoms with Gasteiger partial charge in [0.15, 0.2) is 5.69 Å². The molecule has 0 radical (unpaired) electrons. The maximum atomic E-state index is 12.8. The highest BCUT2D eigenvalue weighted by Crippen LogP contribution is 2.35. The Bertz CT molecular complexity index is 802. The summed E-state index contributed by atoms with van der Waals surface area (Å²) in [4.78, 5) is 5.89. The molecule has 0 amide bonds. The molecular weight excluding hydrogens is 343 g/mol. The number of aryl methyl sites for hydroxylation is 1. The van der Waals surface area contributed by atoms with E-state index in [0.717, 1.165) is 31.1 Å². The third kappa shape index (κ3) is 3.14. The van der Waals surface area contributed by atoms with Gasteiger partial charge in [-0.3, -0.25) is 4.90 Å². The molecule has 4 nitrogen and oxygen atoms in total. The van der Waals surface area contributed by atoms with Crippen LogP contribution in [0.1, 0.15) is 35.2 Å². The van der Waals surface area contributed by atoms with Crippen molar-refractivity contribution in [2.45, 2.75) is 44.1 Å². The van der Waals surface area contributed by atoms with Gasteiger partial charge in [-0.1, -0.05) is 24.3 Å². The zero-order chi connectivity index (χ0) is 18.5. The number of hydrogen-bond acceptors (Lipinski definition) is 3. The number of fused-ring (bicyclic) bond motifs is 2. The normalized spacial score (nSPS) is 25.4. The van der Waals surface area contributed by atoms with Gasteiger partial charge in [0.2, 0.25) is 0 Å². The summed E-state index contributed by atoms with van der Waals surface area (Å²) in [5.74, 6) is 0.767. The monoisotopic (exact) mass is 365 g/mol. The molecule has 1 aromatic carbocycles. The van der Waals surface area contributed by atoms with E-state index in [0.29, 0.717) is 18.8 Å². The van der Waals surface area contributed by atoms with Gasteiger partial charge in [-0.05, 0) is 36.9 Å². The molecule has 0 fully saturated rings. The van der Waals surface area contributed by atoms with Crippen LogP contribution >= 0.6 is 0 Å². The van der Waals surface area contributed by atoms with Gasteiger partial charge in [-0.2, -0.15) is 13.2 Å². The summed E-state index contributed by atoms with van der Waals surface area (Å²) in [6.07, 6.45) is -1.61. The second-order valence-corrected chi connectivity index (χ2v) is 7.45. The number of nitrogens with zero attached hydrogens (tertiary/aromatic N) is 3. The van der Waals surface area contributed by atoms with Gasteiger partial charge in [0.25, 0.3) is 0 Å². The number of aromatic nitrogens is 2. The molecule has 2 heterocycles. The summed E-state index contributed by atoms with van der Waals surface area (Å²) < 4.78 is 40.2. The summed E-state index contributed by atoms with van der Waals surface area (Å²) in [5, 5.41) is 10.6. The molecule has 3 atom stereocenters. The number of benzene rings is 1. The molecule has 0 bridgehead atoms. The van der Waals surface area contributed by atoms with E-state index in [9.17, 15) is 18.3 Å². The first kappa shape index (κ1) is 17.5. The lowest BCUT2D eigenvalue weighted by atomic mass is 9.97. The predicted octanol–water partition coefficient (Wildman–Crippen LogP) is 3.05. The lowest BCUT2D eigenvalue weighted by Crippen LogP contribution is -2.40. The van der Waals surface area contributed by atoms with Crippen LogP contribution in [0.3, 0.4) is 0 Å². The van der Waals surface area contributed by atoms with E-state index >= 15 is 0 Å². The Morgan fingerprint density at radius 1 is 1.31 bits per heavy atom. The van der Waals surface area contributed by atoms with E-state index in [1.54, 1.807) is 4.57 Å². The Morgan fingerprint density at radius 3 is 2.81 bits per heavy atom. The first-order valence-electron chi connectivity index (χ1n) is 8.92. The van der Waals surface area contributed by atoms with E-state index in [4.69, 9.17) is 0 Å². The van der Waals surface area contributed by atoms with Crippen molar-refractivity contribution in [1.82, 2.24) is 14.5 Å². The minimum atomic E-state index is -4.39. The molecule has 2 aromatic rings. The molecule has 2 aliphatic rings. The lowest BCUT2D eigenvalue weighted by Gasteiger charge is -2.32. The molecular formula is C19H22F3N3O. The molecule has 4 rings (SSSR count). The predicted molar refractivity (Wildman–Crippen MR) is 90.6 cm³/mol. The van der Waals surface area contributed by atoms with Crippen molar-refractivity contribution >= 4 is 0 Å². The number of aliphatic hydroxyl groups is 1. The number of halogens is 3. The quantitative estimate of drug-likeness (QED) is 0.909. The maximum absolute atomic E-state index is 12.8. The van der Waals surface area contributed by atoms with Gasteiger partial charge < -0.3 is 9.67 Å². The van der Waals surface area contributed by atoms with Gasteiger partial charge >= 0.3 is 6.18 Å². The highest BCUT2D eigenvalue weighted by atomic mass is 19.4. The van der Waals surface area contributed by atoms with Crippen LogP contribution in [-0.4, -0.2) is 39.2 Å². The zero-order valence-electron chi connectivity index (χ0n) is 14.6. The van der Waals surface area contributed by atoms with E-state index < -0.39 is 18.0 Å².